The van der Waals surface area contributed by atoms with E-state index in [2.05, 4.69) is 12.2 Å². The average molecular weight is 293 g/mol. The van der Waals surface area contributed by atoms with Gasteiger partial charge >= 0.3 is 0 Å². The first kappa shape index (κ1) is 17.1. The van der Waals surface area contributed by atoms with Crippen molar-refractivity contribution in [3.63, 3.8) is 0 Å². The summed E-state index contributed by atoms with van der Waals surface area (Å²) in [7, 11) is 0. The summed E-state index contributed by atoms with van der Waals surface area (Å²) in [5, 5.41) is 11.3. The van der Waals surface area contributed by atoms with Crippen molar-refractivity contribution in [2.45, 2.75) is 45.2 Å². The van der Waals surface area contributed by atoms with Crippen LogP contribution in [0.15, 0.2) is 24.3 Å². The van der Waals surface area contributed by atoms with Crippen LogP contribution in [0.3, 0.4) is 0 Å². The van der Waals surface area contributed by atoms with Crippen LogP contribution < -0.4 is 16.5 Å². The van der Waals surface area contributed by atoms with Crippen LogP contribution in [-0.4, -0.2) is 28.6 Å². The van der Waals surface area contributed by atoms with Crippen molar-refractivity contribution in [1.82, 2.24) is 10.8 Å². The number of amides is 2. The average Bonchev–Trinajstić information content (AvgIpc) is 2.43. The molecule has 0 saturated carbocycles. The number of hydrogen-bond acceptors (Lipinski definition) is 4. The lowest BCUT2D eigenvalue weighted by molar-refractivity contribution is -0.132. The number of benzene rings is 1. The summed E-state index contributed by atoms with van der Waals surface area (Å²) < 4.78 is 0. The van der Waals surface area contributed by atoms with Crippen LogP contribution in [-0.2, 0) is 11.2 Å². The molecule has 0 aliphatic carbocycles. The number of aryl methyl sites for hydroxylation is 1. The minimum absolute atomic E-state index is 0.412. The van der Waals surface area contributed by atoms with Crippen molar-refractivity contribution in [3.05, 3.63) is 35.4 Å². The summed E-state index contributed by atoms with van der Waals surface area (Å²) in [6.07, 6.45) is 1.99. The fourth-order valence-electron chi connectivity index (χ4n) is 1.98. The third-order valence-electron chi connectivity index (χ3n) is 3.15. The van der Waals surface area contributed by atoms with Crippen molar-refractivity contribution in [2.24, 2.45) is 5.73 Å². The van der Waals surface area contributed by atoms with Crippen LogP contribution >= 0.6 is 0 Å². The Hall–Kier alpha value is -1.92. The van der Waals surface area contributed by atoms with Gasteiger partial charge in [0.25, 0.3) is 11.8 Å². The zero-order valence-electron chi connectivity index (χ0n) is 12.6. The van der Waals surface area contributed by atoms with E-state index in [0.717, 1.165) is 18.4 Å². The molecule has 0 aliphatic heterocycles. The van der Waals surface area contributed by atoms with Crippen LogP contribution in [0.2, 0.25) is 0 Å². The van der Waals surface area contributed by atoms with E-state index < -0.39 is 23.4 Å². The minimum atomic E-state index is -1.04. The zero-order valence-corrected chi connectivity index (χ0v) is 12.6. The van der Waals surface area contributed by atoms with Gasteiger partial charge < -0.3 is 11.1 Å². The molecule has 0 saturated heterocycles. The van der Waals surface area contributed by atoms with Crippen molar-refractivity contribution in [2.75, 3.05) is 0 Å². The number of carbonyl (C=O) groups excluding carboxylic acids is 2. The Labute approximate surface area is 124 Å². The number of nitrogens with one attached hydrogen (secondary N) is 2. The van der Waals surface area contributed by atoms with Crippen LogP contribution in [0.1, 0.15) is 43.1 Å². The summed E-state index contributed by atoms with van der Waals surface area (Å²) in [6.45, 7) is 5.27. The van der Waals surface area contributed by atoms with Gasteiger partial charge in [0, 0.05) is 11.1 Å². The Morgan fingerprint density at radius 3 is 2.29 bits per heavy atom. The molecule has 0 aliphatic rings. The Morgan fingerprint density at radius 2 is 1.86 bits per heavy atom. The molecule has 0 aromatic heterocycles. The van der Waals surface area contributed by atoms with Gasteiger partial charge in [-0.3, -0.25) is 14.8 Å². The van der Waals surface area contributed by atoms with Crippen molar-refractivity contribution < 1.29 is 14.8 Å². The molecule has 6 heteroatoms. The second kappa shape index (κ2) is 7.19. The quantitative estimate of drug-likeness (QED) is 0.463. The van der Waals surface area contributed by atoms with E-state index in [-0.39, 0.29) is 0 Å². The van der Waals surface area contributed by atoms with E-state index in [1.165, 1.54) is 5.48 Å². The monoisotopic (exact) mass is 293 g/mol. The molecule has 1 aromatic rings. The van der Waals surface area contributed by atoms with E-state index in [9.17, 15) is 9.59 Å². The summed E-state index contributed by atoms with van der Waals surface area (Å²) in [5.74, 6) is -1.16. The molecule has 1 aromatic carbocycles. The standard InChI is InChI=1S/C15H23N3O3/c1-4-5-10-6-8-11(9-7-10)13(19)17-12(14(20)18-21)15(2,3)16/h6-9,12,21H,4-5,16H2,1-3H3,(H,17,19)(H,18,20)/t12-/m1/s1. The smallest absolute Gasteiger partial charge is 0.267 e. The zero-order chi connectivity index (χ0) is 16.0. The lowest BCUT2D eigenvalue weighted by Crippen LogP contribution is -2.61. The number of rotatable bonds is 6. The first-order valence-corrected chi connectivity index (χ1v) is 6.92. The van der Waals surface area contributed by atoms with Crippen LogP contribution in [0.5, 0.6) is 0 Å². The highest BCUT2D eigenvalue weighted by Crippen LogP contribution is 2.10. The Bertz CT molecular complexity index is 492. The topological polar surface area (TPSA) is 104 Å². The fourth-order valence-corrected chi connectivity index (χ4v) is 1.98. The molecule has 116 valence electrons. The van der Waals surface area contributed by atoms with Gasteiger partial charge in [0.2, 0.25) is 0 Å². The van der Waals surface area contributed by atoms with Gasteiger partial charge in [-0.2, -0.15) is 0 Å². The molecule has 0 bridgehead atoms. The van der Waals surface area contributed by atoms with Gasteiger partial charge in [-0.1, -0.05) is 25.5 Å². The Morgan fingerprint density at radius 1 is 1.29 bits per heavy atom. The minimum Gasteiger partial charge on any atom is -0.338 e. The predicted octanol–water partition coefficient (Wildman–Crippen LogP) is 0.980. The van der Waals surface area contributed by atoms with Crippen molar-refractivity contribution >= 4 is 11.8 Å². The van der Waals surface area contributed by atoms with Crippen molar-refractivity contribution in [3.8, 4) is 0 Å². The highest BCUT2D eigenvalue weighted by molar-refractivity contribution is 5.97. The first-order valence-electron chi connectivity index (χ1n) is 6.92. The van der Waals surface area contributed by atoms with Crippen LogP contribution in [0.25, 0.3) is 0 Å². The lowest BCUT2D eigenvalue weighted by atomic mass is 9.95. The second-order valence-electron chi connectivity index (χ2n) is 5.65. The first-order chi connectivity index (χ1) is 9.79. The molecule has 0 spiro atoms. The van der Waals surface area contributed by atoms with Gasteiger partial charge in [-0.05, 0) is 38.0 Å². The van der Waals surface area contributed by atoms with Gasteiger partial charge in [0.15, 0.2) is 0 Å². The highest BCUT2D eigenvalue weighted by Gasteiger charge is 2.33. The maximum atomic E-state index is 12.2. The van der Waals surface area contributed by atoms with Gasteiger partial charge in [-0.15, -0.1) is 0 Å². The third kappa shape index (κ3) is 4.84. The molecular weight excluding hydrogens is 270 g/mol. The largest absolute Gasteiger partial charge is 0.338 e. The highest BCUT2D eigenvalue weighted by atomic mass is 16.5. The molecule has 0 fully saturated rings. The van der Waals surface area contributed by atoms with E-state index in [0.29, 0.717) is 5.56 Å². The second-order valence-corrected chi connectivity index (χ2v) is 5.65. The van der Waals surface area contributed by atoms with Gasteiger partial charge in [0.1, 0.15) is 6.04 Å². The number of hydroxylamine groups is 1. The van der Waals surface area contributed by atoms with E-state index >= 15 is 0 Å². The fraction of sp³-hybridized carbons (Fsp3) is 0.467. The van der Waals surface area contributed by atoms with E-state index in [4.69, 9.17) is 10.9 Å². The molecule has 0 radical (unpaired) electrons. The molecule has 1 rings (SSSR count). The summed E-state index contributed by atoms with van der Waals surface area (Å²) in [6, 6.07) is 6.14. The molecule has 6 nitrogen and oxygen atoms in total. The van der Waals surface area contributed by atoms with Crippen molar-refractivity contribution in [1.29, 1.82) is 0 Å². The molecule has 5 N–H and O–H groups in total. The predicted molar refractivity (Wildman–Crippen MR) is 79.9 cm³/mol. The third-order valence-corrected chi connectivity index (χ3v) is 3.15. The molecule has 1 atom stereocenters. The van der Waals surface area contributed by atoms with Crippen LogP contribution in [0.4, 0.5) is 0 Å². The Balaban J connectivity index is 2.84. The normalized spacial score (nSPS) is 12.6. The number of hydrogen-bond donors (Lipinski definition) is 4. The van der Waals surface area contributed by atoms with Crippen LogP contribution in [0, 0.1) is 0 Å². The Kier molecular flexibility index (Phi) is 5.87. The molecule has 21 heavy (non-hydrogen) atoms. The number of nitrogens with two attached hydrogens (primary N) is 1. The molecule has 0 heterocycles. The molecular formula is C15H23N3O3. The summed E-state index contributed by atoms with van der Waals surface area (Å²) in [5.41, 5.74) is 7.96. The van der Waals surface area contributed by atoms with Gasteiger partial charge in [0.05, 0.1) is 0 Å². The molecule has 2 amide bonds. The maximum Gasteiger partial charge on any atom is 0.267 e. The summed E-state index contributed by atoms with van der Waals surface area (Å²) in [4.78, 5) is 23.8. The number of carbonyl (C=O) groups is 2. The SMILES string of the molecule is CCCc1ccc(C(=O)N[C@H](C(=O)NO)C(C)(C)N)cc1. The van der Waals surface area contributed by atoms with Gasteiger partial charge in [-0.25, -0.2) is 5.48 Å². The van der Waals surface area contributed by atoms with E-state index in [1.807, 2.05) is 12.1 Å². The molecule has 0 unspecified atom stereocenters. The van der Waals surface area contributed by atoms with E-state index in [1.54, 1.807) is 26.0 Å². The maximum absolute atomic E-state index is 12.2. The summed E-state index contributed by atoms with van der Waals surface area (Å²) >= 11 is 0. The lowest BCUT2D eigenvalue weighted by Gasteiger charge is -2.29.